The van der Waals surface area contributed by atoms with E-state index in [1.807, 2.05) is 0 Å². The monoisotopic (exact) mass is 240 g/mol. The standard InChI is InChI=1S/C14H28N2O/c1-2-5-13-6-3-4-11-16(13)12-14(17)7-9-15-10-8-14/h13,15,17H,2-12H2,1H3. The minimum Gasteiger partial charge on any atom is -0.388 e. The maximum Gasteiger partial charge on any atom is 0.0798 e. The maximum atomic E-state index is 10.6. The summed E-state index contributed by atoms with van der Waals surface area (Å²) in [5, 5.41) is 14.0. The van der Waals surface area contributed by atoms with Crippen LogP contribution in [0.2, 0.25) is 0 Å². The highest BCUT2D eigenvalue weighted by molar-refractivity contribution is 4.90. The van der Waals surface area contributed by atoms with Crippen molar-refractivity contribution in [3.8, 4) is 0 Å². The Hall–Kier alpha value is -0.120. The summed E-state index contributed by atoms with van der Waals surface area (Å²) in [6.45, 7) is 6.32. The lowest BCUT2D eigenvalue weighted by molar-refractivity contribution is -0.0384. The Morgan fingerprint density at radius 2 is 2.06 bits per heavy atom. The van der Waals surface area contributed by atoms with Crippen LogP contribution in [0.3, 0.4) is 0 Å². The Labute approximate surface area is 106 Å². The molecule has 100 valence electrons. The lowest BCUT2D eigenvalue weighted by Crippen LogP contribution is -2.53. The van der Waals surface area contributed by atoms with Crippen LogP contribution in [0.5, 0.6) is 0 Å². The number of β-amino-alcohol motifs (C(OH)–C–C–N with tert-alkyl or cyclic N) is 1. The summed E-state index contributed by atoms with van der Waals surface area (Å²) in [7, 11) is 0. The van der Waals surface area contributed by atoms with Crippen LogP contribution in [0.25, 0.3) is 0 Å². The van der Waals surface area contributed by atoms with Crippen LogP contribution in [-0.2, 0) is 0 Å². The number of likely N-dealkylation sites (tertiary alicyclic amines) is 1. The van der Waals surface area contributed by atoms with Gasteiger partial charge in [0.05, 0.1) is 5.60 Å². The van der Waals surface area contributed by atoms with Gasteiger partial charge in [0.25, 0.3) is 0 Å². The molecule has 2 fully saturated rings. The van der Waals surface area contributed by atoms with Crippen LogP contribution < -0.4 is 5.32 Å². The quantitative estimate of drug-likeness (QED) is 0.786. The lowest BCUT2D eigenvalue weighted by atomic mass is 9.89. The lowest BCUT2D eigenvalue weighted by Gasteiger charge is -2.42. The SMILES string of the molecule is CCCC1CCCCN1CC1(O)CCNCC1. The van der Waals surface area contributed by atoms with Crippen molar-refractivity contribution in [1.29, 1.82) is 0 Å². The van der Waals surface area contributed by atoms with Crippen molar-refractivity contribution in [2.75, 3.05) is 26.2 Å². The van der Waals surface area contributed by atoms with Gasteiger partial charge >= 0.3 is 0 Å². The topological polar surface area (TPSA) is 35.5 Å². The molecule has 0 aromatic rings. The van der Waals surface area contributed by atoms with Crippen LogP contribution in [0.4, 0.5) is 0 Å². The minimum atomic E-state index is -0.422. The Bertz CT molecular complexity index is 224. The molecule has 3 nitrogen and oxygen atoms in total. The molecule has 2 N–H and O–H groups in total. The van der Waals surface area contributed by atoms with Crippen LogP contribution >= 0.6 is 0 Å². The van der Waals surface area contributed by atoms with E-state index < -0.39 is 5.60 Å². The molecule has 2 heterocycles. The molecule has 0 bridgehead atoms. The third-order valence-electron chi connectivity index (χ3n) is 4.40. The van der Waals surface area contributed by atoms with Gasteiger partial charge in [-0.15, -0.1) is 0 Å². The zero-order valence-corrected chi connectivity index (χ0v) is 11.2. The highest BCUT2D eigenvalue weighted by atomic mass is 16.3. The maximum absolute atomic E-state index is 10.6. The van der Waals surface area contributed by atoms with Gasteiger partial charge in [-0.1, -0.05) is 19.8 Å². The van der Waals surface area contributed by atoms with Gasteiger partial charge in [-0.3, -0.25) is 4.90 Å². The molecule has 0 saturated carbocycles. The number of piperidine rings is 2. The summed E-state index contributed by atoms with van der Waals surface area (Å²) >= 11 is 0. The molecule has 0 amide bonds. The fourth-order valence-electron chi connectivity index (χ4n) is 3.36. The molecule has 2 saturated heterocycles. The van der Waals surface area contributed by atoms with E-state index in [1.165, 1.54) is 38.6 Å². The predicted octanol–water partition coefficient (Wildman–Crippen LogP) is 1.76. The van der Waals surface area contributed by atoms with Gasteiger partial charge in [-0.05, 0) is 51.7 Å². The van der Waals surface area contributed by atoms with E-state index >= 15 is 0 Å². The van der Waals surface area contributed by atoms with E-state index in [0.29, 0.717) is 0 Å². The molecule has 0 spiro atoms. The summed E-state index contributed by atoms with van der Waals surface area (Å²) in [6.07, 6.45) is 8.43. The Balaban J connectivity index is 1.90. The Morgan fingerprint density at radius 1 is 1.29 bits per heavy atom. The average Bonchev–Trinajstić information content (AvgIpc) is 2.32. The molecule has 17 heavy (non-hydrogen) atoms. The van der Waals surface area contributed by atoms with Crippen molar-refractivity contribution >= 4 is 0 Å². The summed E-state index contributed by atoms with van der Waals surface area (Å²) in [5.41, 5.74) is -0.422. The molecule has 0 radical (unpaired) electrons. The first-order valence-electron chi connectivity index (χ1n) is 7.41. The summed E-state index contributed by atoms with van der Waals surface area (Å²) < 4.78 is 0. The van der Waals surface area contributed by atoms with E-state index in [2.05, 4.69) is 17.1 Å². The zero-order chi connectivity index (χ0) is 12.1. The summed E-state index contributed by atoms with van der Waals surface area (Å²) in [5.74, 6) is 0. The van der Waals surface area contributed by atoms with Crippen LogP contribution in [0.15, 0.2) is 0 Å². The van der Waals surface area contributed by atoms with Crippen molar-refractivity contribution in [3.63, 3.8) is 0 Å². The number of nitrogens with one attached hydrogen (secondary N) is 1. The first kappa shape index (κ1) is 13.3. The number of aliphatic hydroxyl groups is 1. The first-order chi connectivity index (χ1) is 8.23. The van der Waals surface area contributed by atoms with E-state index in [9.17, 15) is 5.11 Å². The second kappa shape index (κ2) is 6.17. The molecular formula is C14H28N2O. The van der Waals surface area contributed by atoms with Crippen molar-refractivity contribution in [3.05, 3.63) is 0 Å². The van der Waals surface area contributed by atoms with Crippen LogP contribution in [0.1, 0.15) is 51.9 Å². The van der Waals surface area contributed by atoms with Crippen molar-refractivity contribution in [1.82, 2.24) is 10.2 Å². The molecule has 3 heteroatoms. The number of hydrogen-bond acceptors (Lipinski definition) is 3. The van der Waals surface area contributed by atoms with Crippen LogP contribution in [0, 0.1) is 0 Å². The highest BCUT2D eigenvalue weighted by Gasteiger charge is 2.34. The van der Waals surface area contributed by atoms with Gasteiger partial charge in [0.2, 0.25) is 0 Å². The molecule has 1 atom stereocenters. The number of rotatable bonds is 4. The molecule has 1 unspecified atom stereocenters. The molecule has 2 rings (SSSR count). The Kier molecular flexibility index (Phi) is 4.83. The largest absolute Gasteiger partial charge is 0.388 e. The molecular weight excluding hydrogens is 212 g/mol. The fourth-order valence-corrected chi connectivity index (χ4v) is 3.36. The first-order valence-corrected chi connectivity index (χ1v) is 7.41. The van der Waals surface area contributed by atoms with E-state index in [4.69, 9.17) is 0 Å². The van der Waals surface area contributed by atoms with Crippen molar-refractivity contribution in [2.45, 2.75) is 63.5 Å². The van der Waals surface area contributed by atoms with Gasteiger partial charge in [0.1, 0.15) is 0 Å². The van der Waals surface area contributed by atoms with Gasteiger partial charge in [0, 0.05) is 12.6 Å². The Morgan fingerprint density at radius 3 is 2.76 bits per heavy atom. The molecule has 2 aliphatic heterocycles. The zero-order valence-electron chi connectivity index (χ0n) is 11.2. The highest BCUT2D eigenvalue weighted by Crippen LogP contribution is 2.26. The van der Waals surface area contributed by atoms with E-state index in [0.717, 1.165) is 38.5 Å². The van der Waals surface area contributed by atoms with Crippen molar-refractivity contribution < 1.29 is 5.11 Å². The van der Waals surface area contributed by atoms with Crippen molar-refractivity contribution in [2.24, 2.45) is 0 Å². The van der Waals surface area contributed by atoms with Gasteiger partial charge in [-0.25, -0.2) is 0 Å². The average molecular weight is 240 g/mol. The summed E-state index contributed by atoms with van der Waals surface area (Å²) in [4.78, 5) is 2.57. The second-order valence-electron chi connectivity index (χ2n) is 5.88. The van der Waals surface area contributed by atoms with Gasteiger partial charge < -0.3 is 10.4 Å². The molecule has 0 aromatic heterocycles. The normalized spacial score (nSPS) is 30.4. The van der Waals surface area contributed by atoms with Gasteiger partial charge in [-0.2, -0.15) is 0 Å². The number of hydrogen-bond donors (Lipinski definition) is 2. The third-order valence-corrected chi connectivity index (χ3v) is 4.40. The van der Waals surface area contributed by atoms with E-state index in [-0.39, 0.29) is 0 Å². The molecule has 2 aliphatic rings. The van der Waals surface area contributed by atoms with E-state index in [1.54, 1.807) is 0 Å². The minimum absolute atomic E-state index is 0.422. The third kappa shape index (κ3) is 3.67. The van der Waals surface area contributed by atoms with Gasteiger partial charge in [0.15, 0.2) is 0 Å². The summed E-state index contributed by atoms with van der Waals surface area (Å²) in [6, 6.07) is 0.729. The fraction of sp³-hybridized carbons (Fsp3) is 1.00. The predicted molar refractivity (Wildman–Crippen MR) is 71.2 cm³/mol. The smallest absolute Gasteiger partial charge is 0.0798 e. The second-order valence-corrected chi connectivity index (χ2v) is 5.88. The van der Waals surface area contributed by atoms with Crippen LogP contribution in [-0.4, -0.2) is 47.8 Å². The molecule has 0 aliphatic carbocycles. The number of nitrogens with zero attached hydrogens (tertiary/aromatic N) is 1. The molecule has 0 aromatic carbocycles.